The lowest BCUT2D eigenvalue weighted by atomic mass is 10.0. The molecule has 0 heterocycles. The highest BCUT2D eigenvalue weighted by atomic mass is 16.5. The number of esters is 1. The summed E-state index contributed by atoms with van der Waals surface area (Å²) in [5, 5.41) is 23.1. The molecule has 0 aliphatic rings. The molecule has 0 aliphatic heterocycles. The van der Waals surface area contributed by atoms with Gasteiger partial charge in [0.15, 0.2) is 0 Å². The van der Waals surface area contributed by atoms with Gasteiger partial charge in [-0.25, -0.2) is 0 Å². The van der Waals surface area contributed by atoms with Gasteiger partial charge in [-0.05, 0) is 83.5 Å². The number of carbonyl (C=O) groups excluding carboxylic acids is 2. The molecule has 2 atom stereocenters. The zero-order valence-corrected chi connectivity index (χ0v) is 43.9. The van der Waals surface area contributed by atoms with E-state index in [1.54, 1.807) is 6.08 Å². The highest BCUT2D eigenvalue weighted by Crippen LogP contribution is 2.16. The number of aliphatic hydroxyl groups excluding tert-OH is 2. The molecular formula is C60H111NO5. The first-order chi connectivity index (χ1) is 32.5. The summed E-state index contributed by atoms with van der Waals surface area (Å²) in [5.74, 6) is -0.174. The summed E-state index contributed by atoms with van der Waals surface area (Å²) in [7, 11) is 0. The van der Waals surface area contributed by atoms with E-state index in [-0.39, 0.29) is 18.5 Å². The Kier molecular flexibility index (Phi) is 53.6. The topological polar surface area (TPSA) is 95.9 Å². The maximum Gasteiger partial charge on any atom is 0.305 e. The number of rotatable bonds is 53. The molecule has 0 aromatic carbocycles. The molecule has 0 aromatic heterocycles. The zero-order valence-electron chi connectivity index (χ0n) is 43.9. The van der Waals surface area contributed by atoms with E-state index in [4.69, 9.17) is 4.74 Å². The molecule has 386 valence electrons. The summed E-state index contributed by atoms with van der Waals surface area (Å²) >= 11 is 0. The number of allylic oxidation sites excluding steroid dienone is 7. The number of unbranched alkanes of at least 4 members (excludes halogenated alkanes) is 36. The quantitative estimate of drug-likeness (QED) is 0.0321. The number of carbonyl (C=O) groups is 2. The van der Waals surface area contributed by atoms with Crippen LogP contribution in [0.25, 0.3) is 0 Å². The summed E-state index contributed by atoms with van der Waals surface area (Å²) in [6, 6.07) is -0.668. The molecule has 0 saturated carbocycles. The van der Waals surface area contributed by atoms with E-state index in [0.717, 1.165) is 77.0 Å². The Bertz CT molecular complexity index is 1110. The fourth-order valence-electron chi connectivity index (χ4n) is 8.61. The standard InChI is InChI=1S/C60H111NO5/c1-3-5-7-9-11-13-15-17-19-21-22-23-24-25-26-28-29-31-33-36-40-44-48-52-58(63)57(56-62)61-59(64)53-49-45-41-37-35-39-43-47-51-55-66-60(65)54-50-46-42-38-34-32-30-27-20-18-16-14-12-10-8-6-4-2/h12,14,18,20,37,41,48,52,57-58,62-63H,3-11,13,15-17,19,21-36,38-40,42-47,49-51,53-56H2,1-2H3,(H,61,64)/b14-12-,20-18-,41-37-,52-48+. The van der Waals surface area contributed by atoms with Gasteiger partial charge in [-0.3, -0.25) is 9.59 Å². The Morgan fingerprint density at radius 3 is 1.23 bits per heavy atom. The van der Waals surface area contributed by atoms with Crippen LogP contribution in [0.4, 0.5) is 0 Å². The second kappa shape index (κ2) is 55.4. The number of hydrogen-bond donors (Lipinski definition) is 3. The molecule has 0 rings (SSSR count). The Morgan fingerprint density at radius 1 is 0.424 bits per heavy atom. The molecule has 6 heteroatoms. The lowest BCUT2D eigenvalue weighted by Crippen LogP contribution is -2.45. The first-order valence-electron chi connectivity index (χ1n) is 28.9. The first kappa shape index (κ1) is 63.8. The lowest BCUT2D eigenvalue weighted by molar-refractivity contribution is -0.143. The molecule has 6 nitrogen and oxygen atoms in total. The van der Waals surface area contributed by atoms with E-state index in [1.165, 1.54) is 193 Å². The van der Waals surface area contributed by atoms with E-state index in [1.807, 2.05) is 6.08 Å². The molecule has 0 saturated heterocycles. The van der Waals surface area contributed by atoms with Crippen LogP contribution in [-0.4, -0.2) is 47.4 Å². The maximum atomic E-state index is 12.5. The van der Waals surface area contributed by atoms with E-state index in [0.29, 0.717) is 19.4 Å². The summed E-state index contributed by atoms with van der Waals surface area (Å²) < 4.78 is 5.45. The van der Waals surface area contributed by atoms with Crippen molar-refractivity contribution in [3.05, 3.63) is 48.6 Å². The molecule has 0 aliphatic carbocycles. The second-order valence-electron chi connectivity index (χ2n) is 19.6. The smallest absolute Gasteiger partial charge is 0.305 e. The number of ether oxygens (including phenoxy) is 1. The van der Waals surface area contributed by atoms with Crippen molar-refractivity contribution in [3.63, 3.8) is 0 Å². The van der Waals surface area contributed by atoms with Crippen molar-refractivity contribution < 1.29 is 24.5 Å². The Hall–Kier alpha value is -2.18. The first-order valence-corrected chi connectivity index (χ1v) is 28.9. The largest absolute Gasteiger partial charge is 0.466 e. The summed E-state index contributed by atoms with van der Waals surface area (Å²) in [6.45, 7) is 4.79. The fraction of sp³-hybridized carbons (Fsp3) is 0.833. The highest BCUT2D eigenvalue weighted by molar-refractivity contribution is 5.76. The molecule has 0 radical (unpaired) electrons. The minimum Gasteiger partial charge on any atom is -0.466 e. The summed E-state index contributed by atoms with van der Waals surface area (Å²) in [5.41, 5.74) is 0. The van der Waals surface area contributed by atoms with Gasteiger partial charge < -0.3 is 20.3 Å². The highest BCUT2D eigenvalue weighted by Gasteiger charge is 2.18. The average Bonchev–Trinajstić information content (AvgIpc) is 3.32. The molecule has 0 fully saturated rings. The Balaban J connectivity index is 3.56. The molecule has 1 amide bonds. The molecule has 0 aromatic rings. The predicted octanol–water partition coefficient (Wildman–Crippen LogP) is 17.8. The van der Waals surface area contributed by atoms with Gasteiger partial charge in [0, 0.05) is 12.8 Å². The van der Waals surface area contributed by atoms with Crippen LogP contribution < -0.4 is 5.32 Å². The van der Waals surface area contributed by atoms with E-state index >= 15 is 0 Å². The second-order valence-corrected chi connectivity index (χ2v) is 19.6. The minimum absolute atomic E-state index is 0.0457. The fourth-order valence-corrected chi connectivity index (χ4v) is 8.61. The van der Waals surface area contributed by atoms with Gasteiger partial charge in [0.25, 0.3) is 0 Å². The third kappa shape index (κ3) is 51.2. The van der Waals surface area contributed by atoms with E-state index < -0.39 is 12.1 Å². The van der Waals surface area contributed by atoms with E-state index in [9.17, 15) is 19.8 Å². The van der Waals surface area contributed by atoms with Crippen LogP contribution in [0.5, 0.6) is 0 Å². The predicted molar refractivity (Wildman–Crippen MR) is 287 cm³/mol. The van der Waals surface area contributed by atoms with Crippen LogP contribution in [0, 0.1) is 0 Å². The van der Waals surface area contributed by atoms with Crippen LogP contribution in [0.3, 0.4) is 0 Å². The van der Waals surface area contributed by atoms with Gasteiger partial charge in [-0.1, -0.05) is 249 Å². The number of nitrogens with one attached hydrogen (secondary N) is 1. The third-order valence-electron chi connectivity index (χ3n) is 13.1. The molecule has 0 bridgehead atoms. The van der Waals surface area contributed by atoms with Crippen molar-refractivity contribution in [2.24, 2.45) is 0 Å². The van der Waals surface area contributed by atoms with Gasteiger partial charge in [-0.15, -0.1) is 0 Å². The van der Waals surface area contributed by atoms with Crippen LogP contribution in [-0.2, 0) is 14.3 Å². The van der Waals surface area contributed by atoms with Crippen molar-refractivity contribution in [1.29, 1.82) is 0 Å². The van der Waals surface area contributed by atoms with Crippen molar-refractivity contribution in [1.82, 2.24) is 5.32 Å². The Morgan fingerprint density at radius 2 is 0.773 bits per heavy atom. The number of hydrogen-bond acceptors (Lipinski definition) is 5. The van der Waals surface area contributed by atoms with Gasteiger partial charge in [0.1, 0.15) is 0 Å². The normalized spacial score (nSPS) is 13.0. The van der Waals surface area contributed by atoms with Crippen molar-refractivity contribution in [3.8, 4) is 0 Å². The zero-order chi connectivity index (χ0) is 47.9. The molecule has 0 spiro atoms. The van der Waals surface area contributed by atoms with Crippen LogP contribution in [0.15, 0.2) is 48.6 Å². The van der Waals surface area contributed by atoms with Gasteiger partial charge in [0.2, 0.25) is 5.91 Å². The van der Waals surface area contributed by atoms with Crippen molar-refractivity contribution in [2.75, 3.05) is 13.2 Å². The monoisotopic (exact) mass is 926 g/mol. The van der Waals surface area contributed by atoms with Crippen molar-refractivity contribution in [2.45, 2.75) is 309 Å². The van der Waals surface area contributed by atoms with Gasteiger partial charge in [0.05, 0.1) is 25.4 Å². The van der Waals surface area contributed by atoms with E-state index in [2.05, 4.69) is 55.6 Å². The number of amides is 1. The molecule has 66 heavy (non-hydrogen) atoms. The van der Waals surface area contributed by atoms with Crippen LogP contribution in [0.1, 0.15) is 296 Å². The molecule has 3 N–H and O–H groups in total. The van der Waals surface area contributed by atoms with Crippen LogP contribution >= 0.6 is 0 Å². The van der Waals surface area contributed by atoms with Crippen molar-refractivity contribution >= 4 is 11.9 Å². The van der Waals surface area contributed by atoms with Gasteiger partial charge in [-0.2, -0.15) is 0 Å². The molecule has 2 unspecified atom stereocenters. The maximum absolute atomic E-state index is 12.5. The summed E-state index contributed by atoms with van der Waals surface area (Å²) in [6.07, 6.45) is 70.0. The van der Waals surface area contributed by atoms with Gasteiger partial charge >= 0.3 is 5.97 Å². The molecular weight excluding hydrogens is 815 g/mol. The number of aliphatic hydroxyl groups is 2. The summed E-state index contributed by atoms with van der Waals surface area (Å²) in [4.78, 5) is 24.5. The third-order valence-corrected chi connectivity index (χ3v) is 13.1. The lowest BCUT2D eigenvalue weighted by Gasteiger charge is -2.19. The SMILES string of the molecule is CCCCC/C=C\C/C=C\CCCCCCCCCC(=O)OCCCCCC/C=C\CCCC(=O)NC(CO)C(O)/C=C/CCCCCCCCCCCCCCCCCCCCCCC. The minimum atomic E-state index is -0.878. The average molecular weight is 927 g/mol. The Labute approximate surface area is 410 Å². The van der Waals surface area contributed by atoms with Crippen LogP contribution in [0.2, 0.25) is 0 Å².